The van der Waals surface area contributed by atoms with E-state index in [4.69, 9.17) is 4.74 Å². The maximum Gasteiger partial charge on any atom is 0.309 e. The summed E-state index contributed by atoms with van der Waals surface area (Å²) >= 11 is 0. The molecule has 3 fully saturated rings. The highest BCUT2D eigenvalue weighted by Gasteiger charge is 2.68. The van der Waals surface area contributed by atoms with Crippen molar-refractivity contribution in [1.82, 2.24) is 0 Å². The van der Waals surface area contributed by atoms with Crippen LogP contribution >= 0.6 is 0 Å². The molecule has 0 spiro atoms. The van der Waals surface area contributed by atoms with Gasteiger partial charge in [-0.15, -0.1) is 0 Å². The third-order valence-corrected chi connectivity index (χ3v) is 5.88. The maximum absolute atomic E-state index is 11.9. The van der Waals surface area contributed by atoms with Crippen LogP contribution in [-0.2, 0) is 9.53 Å². The highest BCUT2D eigenvalue weighted by Crippen LogP contribution is 2.72. The van der Waals surface area contributed by atoms with Crippen LogP contribution in [0.15, 0.2) is 0 Å². The number of carbonyl (C=O) groups is 1. The second kappa shape index (κ2) is 3.02. The summed E-state index contributed by atoms with van der Waals surface area (Å²) in [5.41, 5.74) is 0.620. The molecular weight excluding hydrogens is 200 g/mol. The Kier molecular flexibility index (Phi) is 2.01. The first-order valence-corrected chi connectivity index (χ1v) is 6.65. The molecule has 90 valence electrons. The van der Waals surface area contributed by atoms with E-state index in [-0.39, 0.29) is 23.4 Å². The zero-order valence-corrected chi connectivity index (χ0v) is 10.6. The summed E-state index contributed by atoms with van der Waals surface area (Å²) in [6.45, 7) is 6.91. The van der Waals surface area contributed by atoms with E-state index in [0.717, 1.165) is 25.2 Å². The number of carbonyl (C=O) groups excluding carboxylic acids is 1. The molecule has 0 aromatic heterocycles. The molecule has 0 saturated heterocycles. The van der Waals surface area contributed by atoms with Crippen molar-refractivity contribution in [2.24, 2.45) is 22.7 Å². The topological polar surface area (TPSA) is 26.3 Å². The van der Waals surface area contributed by atoms with Gasteiger partial charge in [-0.1, -0.05) is 27.2 Å². The summed E-state index contributed by atoms with van der Waals surface area (Å²) in [7, 11) is 0. The smallest absolute Gasteiger partial charge is 0.309 e. The van der Waals surface area contributed by atoms with Crippen molar-refractivity contribution in [3.63, 3.8) is 0 Å². The second-order valence-electron chi connectivity index (χ2n) is 6.83. The Labute approximate surface area is 97.7 Å². The number of hydrogen-bond donors (Lipinski definition) is 0. The van der Waals surface area contributed by atoms with Crippen molar-refractivity contribution in [3.8, 4) is 0 Å². The van der Waals surface area contributed by atoms with Gasteiger partial charge in [-0.25, -0.2) is 0 Å². The molecule has 0 aromatic rings. The van der Waals surface area contributed by atoms with Gasteiger partial charge in [-0.2, -0.15) is 0 Å². The molecule has 2 heteroatoms. The van der Waals surface area contributed by atoms with Gasteiger partial charge in [0.15, 0.2) is 0 Å². The Morgan fingerprint density at radius 3 is 2.38 bits per heavy atom. The Hall–Kier alpha value is -0.530. The lowest BCUT2D eigenvalue weighted by molar-refractivity contribution is -0.163. The fourth-order valence-electron chi connectivity index (χ4n) is 3.58. The van der Waals surface area contributed by atoms with Gasteiger partial charge < -0.3 is 4.74 Å². The highest BCUT2D eigenvalue weighted by molar-refractivity contribution is 5.73. The van der Waals surface area contributed by atoms with Crippen LogP contribution in [0.4, 0.5) is 0 Å². The van der Waals surface area contributed by atoms with Gasteiger partial charge in [0.1, 0.15) is 6.10 Å². The molecule has 2 nitrogen and oxygen atoms in total. The molecule has 3 saturated carbocycles. The summed E-state index contributed by atoms with van der Waals surface area (Å²) in [6, 6.07) is 0. The van der Waals surface area contributed by atoms with Crippen LogP contribution in [0.3, 0.4) is 0 Å². The Morgan fingerprint density at radius 1 is 1.25 bits per heavy atom. The van der Waals surface area contributed by atoms with E-state index in [1.165, 1.54) is 12.8 Å². The molecule has 0 radical (unpaired) electrons. The third-order valence-electron chi connectivity index (χ3n) is 5.88. The van der Waals surface area contributed by atoms with Crippen molar-refractivity contribution in [3.05, 3.63) is 0 Å². The van der Waals surface area contributed by atoms with Gasteiger partial charge in [0.2, 0.25) is 0 Å². The monoisotopic (exact) mass is 222 g/mol. The van der Waals surface area contributed by atoms with E-state index in [1.54, 1.807) is 0 Å². The Morgan fingerprint density at radius 2 is 1.94 bits per heavy atom. The first kappa shape index (κ1) is 10.6. The summed E-state index contributed by atoms with van der Waals surface area (Å²) in [4.78, 5) is 11.9. The van der Waals surface area contributed by atoms with Crippen molar-refractivity contribution >= 4 is 5.97 Å². The van der Waals surface area contributed by atoms with E-state index in [0.29, 0.717) is 5.41 Å². The lowest BCUT2D eigenvalue weighted by atomic mass is 9.76. The normalized spacial score (nSPS) is 44.7. The van der Waals surface area contributed by atoms with Gasteiger partial charge in [-0.3, -0.25) is 4.79 Å². The molecule has 3 aliphatic rings. The minimum absolute atomic E-state index is 0.0780. The predicted molar refractivity (Wildman–Crippen MR) is 61.8 cm³/mol. The molecule has 0 aliphatic heterocycles. The number of esters is 1. The van der Waals surface area contributed by atoms with E-state index in [1.807, 2.05) is 0 Å². The fraction of sp³-hybridized carbons (Fsp3) is 0.929. The van der Waals surface area contributed by atoms with E-state index in [9.17, 15) is 4.79 Å². The van der Waals surface area contributed by atoms with Gasteiger partial charge in [0.25, 0.3) is 0 Å². The molecule has 0 heterocycles. The Bertz CT molecular complexity index is 330. The number of rotatable bonds is 2. The third kappa shape index (κ3) is 1.22. The van der Waals surface area contributed by atoms with Crippen molar-refractivity contribution in [2.45, 2.75) is 59.0 Å². The number of ether oxygens (including phenoxy) is 1. The average Bonchev–Trinajstić information content (AvgIpc) is 2.69. The maximum atomic E-state index is 11.9. The van der Waals surface area contributed by atoms with Crippen LogP contribution in [-0.4, -0.2) is 12.1 Å². The van der Waals surface area contributed by atoms with Crippen LogP contribution in [0.1, 0.15) is 52.9 Å². The van der Waals surface area contributed by atoms with Crippen LogP contribution in [0.5, 0.6) is 0 Å². The molecule has 16 heavy (non-hydrogen) atoms. The van der Waals surface area contributed by atoms with Crippen molar-refractivity contribution in [1.29, 1.82) is 0 Å². The van der Waals surface area contributed by atoms with Crippen molar-refractivity contribution in [2.75, 3.05) is 0 Å². The van der Waals surface area contributed by atoms with Crippen LogP contribution in [0.25, 0.3) is 0 Å². The lowest BCUT2D eigenvalue weighted by Crippen LogP contribution is -2.38. The first-order chi connectivity index (χ1) is 7.45. The standard InChI is InChI=1S/C14H22O2/c1-13(2)11(7-10-8-14(10,13)3)16-12(15)9-5-4-6-9/h9-11H,4-8H2,1-3H3/t10-,11+,14?/m1/s1. The molecule has 0 bridgehead atoms. The largest absolute Gasteiger partial charge is 0.462 e. The predicted octanol–water partition coefficient (Wildman–Crippen LogP) is 3.15. The molecule has 3 atom stereocenters. The quantitative estimate of drug-likeness (QED) is 0.671. The minimum Gasteiger partial charge on any atom is -0.462 e. The second-order valence-corrected chi connectivity index (χ2v) is 6.83. The lowest BCUT2D eigenvalue weighted by Gasteiger charge is -2.36. The van der Waals surface area contributed by atoms with Gasteiger partial charge >= 0.3 is 5.97 Å². The Balaban J connectivity index is 1.66. The molecule has 0 aromatic carbocycles. The molecule has 0 amide bonds. The van der Waals surface area contributed by atoms with E-state index in [2.05, 4.69) is 20.8 Å². The van der Waals surface area contributed by atoms with Crippen LogP contribution < -0.4 is 0 Å². The molecule has 0 N–H and O–H groups in total. The highest BCUT2D eigenvalue weighted by atomic mass is 16.5. The van der Waals surface area contributed by atoms with Gasteiger partial charge in [0, 0.05) is 5.41 Å². The molecule has 1 unspecified atom stereocenters. The molecule has 3 rings (SSSR count). The summed E-state index contributed by atoms with van der Waals surface area (Å²) < 4.78 is 5.76. The minimum atomic E-state index is 0.0780. The fourth-order valence-corrected chi connectivity index (χ4v) is 3.58. The van der Waals surface area contributed by atoms with E-state index < -0.39 is 0 Å². The number of fused-ring (bicyclic) bond motifs is 1. The van der Waals surface area contributed by atoms with E-state index >= 15 is 0 Å². The number of hydrogen-bond acceptors (Lipinski definition) is 2. The first-order valence-electron chi connectivity index (χ1n) is 6.65. The average molecular weight is 222 g/mol. The van der Waals surface area contributed by atoms with Crippen molar-refractivity contribution < 1.29 is 9.53 Å². The zero-order chi connectivity index (χ0) is 11.6. The summed E-state index contributed by atoms with van der Waals surface area (Å²) in [5.74, 6) is 1.11. The summed E-state index contributed by atoms with van der Waals surface area (Å²) in [6.07, 6.45) is 5.90. The molecular formula is C14H22O2. The molecule has 3 aliphatic carbocycles. The van der Waals surface area contributed by atoms with Gasteiger partial charge in [-0.05, 0) is 37.0 Å². The van der Waals surface area contributed by atoms with Crippen LogP contribution in [0.2, 0.25) is 0 Å². The van der Waals surface area contributed by atoms with Crippen LogP contribution in [0, 0.1) is 22.7 Å². The zero-order valence-electron chi connectivity index (χ0n) is 10.6. The SMILES string of the molecule is CC1(C)[C@@H](OC(=O)C2CCC2)C[C@@H]2CC21C. The summed E-state index contributed by atoms with van der Waals surface area (Å²) in [5, 5.41) is 0. The van der Waals surface area contributed by atoms with Gasteiger partial charge in [0.05, 0.1) is 5.92 Å².